The SMILES string of the molecule is O=C(O)c1ccc2ccccc2c1CCCc1cccc2ccccc12. The lowest BCUT2D eigenvalue weighted by Crippen LogP contribution is -2.04. The molecule has 4 aromatic carbocycles. The Labute approximate surface area is 152 Å². The summed E-state index contributed by atoms with van der Waals surface area (Å²) in [4.78, 5) is 11.7. The minimum absolute atomic E-state index is 0.418. The molecule has 0 saturated heterocycles. The Hall–Kier alpha value is -3.13. The van der Waals surface area contributed by atoms with E-state index in [1.807, 2.05) is 30.3 Å². The van der Waals surface area contributed by atoms with Crippen LogP contribution in [0.1, 0.15) is 27.9 Å². The summed E-state index contributed by atoms with van der Waals surface area (Å²) in [6, 6.07) is 26.5. The summed E-state index contributed by atoms with van der Waals surface area (Å²) >= 11 is 0. The van der Waals surface area contributed by atoms with E-state index in [1.165, 1.54) is 16.3 Å². The highest BCUT2D eigenvalue weighted by Crippen LogP contribution is 2.26. The van der Waals surface area contributed by atoms with Gasteiger partial charge in [-0.25, -0.2) is 4.79 Å². The summed E-state index contributed by atoms with van der Waals surface area (Å²) in [5.41, 5.74) is 2.68. The molecule has 26 heavy (non-hydrogen) atoms. The molecular weight excluding hydrogens is 320 g/mol. The average molecular weight is 340 g/mol. The molecule has 2 heteroatoms. The predicted octanol–water partition coefficient (Wildman–Crippen LogP) is 5.87. The molecule has 0 aliphatic carbocycles. The van der Waals surface area contributed by atoms with E-state index in [0.717, 1.165) is 35.6 Å². The quantitative estimate of drug-likeness (QED) is 0.493. The van der Waals surface area contributed by atoms with E-state index in [4.69, 9.17) is 0 Å². The lowest BCUT2D eigenvalue weighted by Gasteiger charge is -2.11. The van der Waals surface area contributed by atoms with Crippen LogP contribution >= 0.6 is 0 Å². The van der Waals surface area contributed by atoms with Gasteiger partial charge in [-0.15, -0.1) is 0 Å². The second-order valence-corrected chi connectivity index (χ2v) is 6.61. The third-order valence-electron chi connectivity index (χ3n) is 5.02. The van der Waals surface area contributed by atoms with Gasteiger partial charge in [0.15, 0.2) is 0 Å². The Bertz CT molecular complexity index is 1090. The molecule has 0 heterocycles. The monoisotopic (exact) mass is 340 g/mol. The lowest BCUT2D eigenvalue weighted by atomic mass is 9.93. The average Bonchev–Trinajstić information content (AvgIpc) is 2.68. The van der Waals surface area contributed by atoms with Crippen LogP contribution in [-0.4, -0.2) is 11.1 Å². The molecule has 128 valence electrons. The van der Waals surface area contributed by atoms with Crippen molar-refractivity contribution < 1.29 is 9.90 Å². The Kier molecular flexibility index (Phi) is 4.40. The number of carboxylic acids is 1. The highest BCUT2D eigenvalue weighted by atomic mass is 16.4. The lowest BCUT2D eigenvalue weighted by molar-refractivity contribution is 0.0696. The van der Waals surface area contributed by atoms with Gasteiger partial charge < -0.3 is 5.11 Å². The molecule has 0 atom stereocenters. The number of aromatic carboxylic acids is 1. The van der Waals surface area contributed by atoms with Gasteiger partial charge in [-0.2, -0.15) is 0 Å². The maximum atomic E-state index is 11.7. The fourth-order valence-corrected chi connectivity index (χ4v) is 3.77. The minimum atomic E-state index is -0.851. The van der Waals surface area contributed by atoms with Crippen LogP contribution < -0.4 is 0 Å². The largest absolute Gasteiger partial charge is 0.478 e. The number of carboxylic acid groups (broad SMARTS) is 1. The van der Waals surface area contributed by atoms with Gasteiger partial charge in [0.1, 0.15) is 0 Å². The van der Waals surface area contributed by atoms with Gasteiger partial charge in [0.2, 0.25) is 0 Å². The summed E-state index contributed by atoms with van der Waals surface area (Å²) in [5.74, 6) is -0.851. The van der Waals surface area contributed by atoms with Gasteiger partial charge in [-0.3, -0.25) is 0 Å². The third kappa shape index (κ3) is 3.06. The number of rotatable bonds is 5. The fourth-order valence-electron chi connectivity index (χ4n) is 3.77. The van der Waals surface area contributed by atoms with Crippen molar-refractivity contribution in [3.8, 4) is 0 Å². The van der Waals surface area contributed by atoms with E-state index < -0.39 is 5.97 Å². The van der Waals surface area contributed by atoms with Gasteiger partial charge in [-0.1, -0.05) is 72.8 Å². The Morgan fingerprint density at radius 1 is 0.692 bits per heavy atom. The Balaban J connectivity index is 1.63. The van der Waals surface area contributed by atoms with Gasteiger partial charge in [0, 0.05) is 0 Å². The van der Waals surface area contributed by atoms with Crippen molar-refractivity contribution in [3.63, 3.8) is 0 Å². The topological polar surface area (TPSA) is 37.3 Å². The number of carbonyl (C=O) groups is 1. The molecule has 0 aliphatic rings. The molecule has 0 spiro atoms. The number of fused-ring (bicyclic) bond motifs is 2. The van der Waals surface area contributed by atoms with Crippen molar-refractivity contribution in [2.75, 3.05) is 0 Å². The summed E-state index contributed by atoms with van der Waals surface area (Å²) in [6.45, 7) is 0. The summed E-state index contributed by atoms with van der Waals surface area (Å²) < 4.78 is 0. The highest BCUT2D eigenvalue weighted by molar-refractivity contribution is 5.98. The van der Waals surface area contributed by atoms with E-state index in [9.17, 15) is 9.90 Å². The van der Waals surface area contributed by atoms with Gasteiger partial charge in [0.05, 0.1) is 5.56 Å². The molecule has 0 amide bonds. The summed E-state index contributed by atoms with van der Waals surface area (Å²) in [5, 5.41) is 14.3. The van der Waals surface area contributed by atoms with Crippen molar-refractivity contribution >= 4 is 27.5 Å². The van der Waals surface area contributed by atoms with Crippen molar-refractivity contribution in [1.82, 2.24) is 0 Å². The molecule has 0 saturated carbocycles. The van der Waals surface area contributed by atoms with E-state index in [-0.39, 0.29) is 0 Å². The van der Waals surface area contributed by atoms with E-state index in [1.54, 1.807) is 6.07 Å². The Morgan fingerprint density at radius 3 is 2.12 bits per heavy atom. The molecule has 0 aromatic heterocycles. The second kappa shape index (κ2) is 7.01. The predicted molar refractivity (Wildman–Crippen MR) is 107 cm³/mol. The zero-order valence-corrected chi connectivity index (χ0v) is 14.5. The van der Waals surface area contributed by atoms with Crippen LogP contribution in [0.5, 0.6) is 0 Å². The maximum absolute atomic E-state index is 11.7. The molecule has 1 N–H and O–H groups in total. The first-order valence-electron chi connectivity index (χ1n) is 8.94. The molecule has 0 unspecified atom stereocenters. The van der Waals surface area contributed by atoms with Crippen LogP contribution in [-0.2, 0) is 12.8 Å². The zero-order valence-electron chi connectivity index (χ0n) is 14.5. The minimum Gasteiger partial charge on any atom is -0.478 e. The molecule has 2 nitrogen and oxygen atoms in total. The van der Waals surface area contributed by atoms with Gasteiger partial charge in [0.25, 0.3) is 0 Å². The van der Waals surface area contributed by atoms with E-state index in [0.29, 0.717) is 5.56 Å². The van der Waals surface area contributed by atoms with Crippen molar-refractivity contribution in [3.05, 3.63) is 95.6 Å². The van der Waals surface area contributed by atoms with Crippen LogP contribution in [0.3, 0.4) is 0 Å². The first-order chi connectivity index (χ1) is 12.7. The molecule has 0 bridgehead atoms. The number of hydrogen-bond donors (Lipinski definition) is 1. The summed E-state index contributed by atoms with van der Waals surface area (Å²) in [6.07, 6.45) is 2.61. The standard InChI is InChI=1S/C24H20O2/c25-24(26)23-16-15-19-8-2-4-13-21(19)22(23)14-6-11-18-10-5-9-17-7-1-3-12-20(17)18/h1-5,7-10,12-13,15-16H,6,11,14H2,(H,25,26). The first kappa shape index (κ1) is 16.3. The number of benzene rings is 4. The normalized spacial score (nSPS) is 11.1. The van der Waals surface area contributed by atoms with Crippen LogP contribution in [0.4, 0.5) is 0 Å². The maximum Gasteiger partial charge on any atom is 0.335 e. The summed E-state index contributed by atoms with van der Waals surface area (Å²) in [7, 11) is 0. The Morgan fingerprint density at radius 2 is 1.35 bits per heavy atom. The molecular formula is C24H20O2. The van der Waals surface area contributed by atoms with Crippen molar-refractivity contribution in [2.24, 2.45) is 0 Å². The molecule has 0 fully saturated rings. The van der Waals surface area contributed by atoms with Crippen molar-refractivity contribution in [1.29, 1.82) is 0 Å². The van der Waals surface area contributed by atoms with Gasteiger partial charge >= 0.3 is 5.97 Å². The third-order valence-corrected chi connectivity index (χ3v) is 5.02. The van der Waals surface area contributed by atoms with E-state index in [2.05, 4.69) is 42.5 Å². The van der Waals surface area contributed by atoms with Crippen molar-refractivity contribution in [2.45, 2.75) is 19.3 Å². The van der Waals surface area contributed by atoms with Crippen LogP contribution in [0.15, 0.2) is 78.9 Å². The van der Waals surface area contributed by atoms with Gasteiger partial charge in [-0.05, 0) is 58.0 Å². The molecule has 4 aromatic rings. The highest BCUT2D eigenvalue weighted by Gasteiger charge is 2.13. The van der Waals surface area contributed by atoms with Crippen LogP contribution in [0.25, 0.3) is 21.5 Å². The fraction of sp³-hybridized carbons (Fsp3) is 0.125. The molecule has 0 aliphatic heterocycles. The zero-order chi connectivity index (χ0) is 17.9. The smallest absolute Gasteiger partial charge is 0.335 e. The van der Waals surface area contributed by atoms with Crippen LogP contribution in [0.2, 0.25) is 0 Å². The second-order valence-electron chi connectivity index (χ2n) is 6.61. The first-order valence-corrected chi connectivity index (χ1v) is 8.94. The van der Waals surface area contributed by atoms with E-state index >= 15 is 0 Å². The molecule has 0 radical (unpaired) electrons. The van der Waals surface area contributed by atoms with Crippen LogP contribution in [0, 0.1) is 0 Å². The molecule has 4 rings (SSSR count). The number of aryl methyl sites for hydroxylation is 2. The number of hydrogen-bond acceptors (Lipinski definition) is 1.